The summed E-state index contributed by atoms with van der Waals surface area (Å²) >= 11 is 10.1. The molecule has 314 valence electrons. The van der Waals surface area contributed by atoms with Crippen molar-refractivity contribution in [2.24, 2.45) is 0 Å². The number of aliphatic hydroxyl groups is 1. The minimum atomic E-state index is -2.74. The van der Waals surface area contributed by atoms with Gasteiger partial charge < -0.3 is 39.3 Å². The number of piperidine rings is 1. The summed E-state index contributed by atoms with van der Waals surface area (Å²) in [4.78, 5) is 50.0. The maximum Gasteiger partial charge on any atom is 0.336 e. The fourth-order valence-electron chi connectivity index (χ4n) is 7.26. The predicted molar refractivity (Wildman–Crippen MR) is 226 cm³/mol. The van der Waals surface area contributed by atoms with Crippen LogP contribution in [-0.2, 0) is 36.7 Å². The topological polar surface area (TPSA) is 226 Å². The van der Waals surface area contributed by atoms with Crippen molar-refractivity contribution in [3.05, 3.63) is 105 Å². The maximum atomic E-state index is 14.2. The molecule has 0 spiro atoms. The highest BCUT2D eigenvalue weighted by Crippen LogP contribution is 2.35. The molecular weight excluding hydrogens is 842 g/mol. The van der Waals surface area contributed by atoms with E-state index in [2.05, 4.69) is 17.0 Å². The van der Waals surface area contributed by atoms with Crippen molar-refractivity contribution < 1.29 is 48.7 Å². The van der Waals surface area contributed by atoms with Gasteiger partial charge in [0, 0.05) is 25.1 Å². The van der Waals surface area contributed by atoms with Crippen LogP contribution in [0.1, 0.15) is 71.0 Å². The van der Waals surface area contributed by atoms with E-state index in [-0.39, 0.29) is 22.3 Å². The predicted octanol–water partition coefficient (Wildman–Crippen LogP) is 6.37. The number of benzene rings is 4. The molecule has 0 saturated carbocycles. The van der Waals surface area contributed by atoms with Crippen LogP contribution in [0.25, 0.3) is 10.8 Å². The lowest BCUT2D eigenvalue weighted by Gasteiger charge is -2.34. The van der Waals surface area contributed by atoms with E-state index in [4.69, 9.17) is 43.6 Å². The third kappa shape index (κ3) is 12.3. The summed E-state index contributed by atoms with van der Waals surface area (Å²) in [6.07, 6.45) is 3.71. The number of nitrogens with zero attached hydrogens (tertiary/aromatic N) is 3. The summed E-state index contributed by atoms with van der Waals surface area (Å²) < 4.78 is 25.2. The molecule has 1 heterocycles. The third-order valence-electron chi connectivity index (χ3n) is 10.2. The molecule has 0 bridgehead atoms. The van der Waals surface area contributed by atoms with E-state index < -0.39 is 58.7 Å². The highest BCUT2D eigenvalue weighted by molar-refractivity contribution is 7.91. The first-order valence-corrected chi connectivity index (χ1v) is 22.3. The molecule has 1 amide bonds. The van der Waals surface area contributed by atoms with Crippen molar-refractivity contribution >= 4 is 80.1 Å². The van der Waals surface area contributed by atoms with E-state index in [0.29, 0.717) is 33.5 Å². The molecule has 1 unspecified atom stereocenters. The number of halogens is 2. The first-order chi connectivity index (χ1) is 27.9. The molecule has 13 nitrogen and oxygen atoms in total. The SMILES string of the molecule is CN(C[C@@H](CCN1CCC(c2ccccc2[S@+](C)[O-])CC1)c1ccc(Cl)c(Cl)c1)C(=O)c1c([S+](C)[O-])c(C#N)cc2ccccc12.O=C(O)CC(O)(CC(=O)O)C(=O)O. The Morgan fingerprint density at radius 3 is 2.08 bits per heavy atom. The summed E-state index contributed by atoms with van der Waals surface area (Å²) in [5.41, 5.74) is -0.0114. The molecule has 1 aliphatic heterocycles. The molecule has 1 aliphatic rings. The first-order valence-electron chi connectivity index (χ1n) is 18.4. The van der Waals surface area contributed by atoms with Crippen molar-refractivity contribution in [3.63, 3.8) is 0 Å². The smallest absolute Gasteiger partial charge is 0.336 e. The number of likely N-dealkylation sites (tertiary alicyclic amines) is 1. The number of nitriles is 1. The van der Waals surface area contributed by atoms with Gasteiger partial charge in [0.25, 0.3) is 5.91 Å². The molecule has 5 rings (SSSR count). The molecule has 17 heteroatoms. The van der Waals surface area contributed by atoms with Crippen molar-refractivity contribution in [3.8, 4) is 6.07 Å². The standard InChI is InChI=1S/C36H37Cl2N3O3S2.C6H8O7/c1-40(36(42)34-30-10-5-4-8-26(30)20-28(22-39)35(34)46(3)44)23-27(25-12-13-31(37)32(38)21-25)16-19-41-17-14-24(15-18-41)29-9-6-7-11-33(29)45(2)43;7-3(8)1-6(13,5(11)12)2-4(9)10/h4-13,20-21,24,27H,14-19,23H2,1-3H3;13H,1-2H2,(H,7,8)(H,9,10)(H,11,12)/t27-,45+,46?;/m1./s1. The Bertz CT molecular complexity index is 2190. The average molecular weight is 887 g/mol. The minimum Gasteiger partial charge on any atom is -0.612 e. The number of carbonyl (C=O) groups excluding carboxylic acids is 1. The second-order valence-corrected chi connectivity index (χ2v) is 17.8. The van der Waals surface area contributed by atoms with Gasteiger partial charge in [-0.15, -0.1) is 0 Å². The number of amides is 1. The van der Waals surface area contributed by atoms with E-state index >= 15 is 0 Å². The molecule has 3 atom stereocenters. The zero-order chi connectivity index (χ0) is 43.6. The van der Waals surface area contributed by atoms with Gasteiger partial charge in [-0.1, -0.05) is 71.7 Å². The van der Waals surface area contributed by atoms with Crippen LogP contribution in [0.3, 0.4) is 0 Å². The second kappa shape index (κ2) is 21.2. The highest BCUT2D eigenvalue weighted by Gasteiger charge is 2.41. The van der Waals surface area contributed by atoms with E-state index in [9.17, 15) is 33.5 Å². The normalized spacial score (nSPS) is 15.0. The number of carboxylic acid groups (broad SMARTS) is 3. The van der Waals surface area contributed by atoms with Crippen LogP contribution in [0.4, 0.5) is 0 Å². The number of carbonyl (C=O) groups is 4. The largest absolute Gasteiger partial charge is 0.612 e. The van der Waals surface area contributed by atoms with Crippen LogP contribution in [0.5, 0.6) is 0 Å². The number of likely N-dealkylation sites (N-methyl/N-ethyl adjacent to an activating group) is 1. The number of hydrogen-bond acceptors (Lipinski definition) is 9. The second-order valence-electron chi connectivity index (χ2n) is 14.3. The summed E-state index contributed by atoms with van der Waals surface area (Å²) in [6, 6.07) is 24.9. The fraction of sp³-hybridized carbons (Fsp3) is 0.357. The molecular formula is C42H45Cl2N3O10S2. The number of hydrogen-bond donors (Lipinski definition) is 4. The minimum absolute atomic E-state index is 0.0503. The average Bonchev–Trinajstić information content (AvgIpc) is 3.19. The highest BCUT2D eigenvalue weighted by atomic mass is 35.5. The zero-order valence-electron chi connectivity index (χ0n) is 32.6. The number of aliphatic carboxylic acids is 3. The van der Waals surface area contributed by atoms with Crippen LogP contribution in [0.2, 0.25) is 10.0 Å². The van der Waals surface area contributed by atoms with Gasteiger partial charge in [-0.3, -0.25) is 14.4 Å². The molecule has 0 aliphatic carbocycles. The molecule has 1 saturated heterocycles. The van der Waals surface area contributed by atoms with Crippen LogP contribution in [0.15, 0.2) is 82.6 Å². The van der Waals surface area contributed by atoms with Crippen molar-refractivity contribution in [1.29, 1.82) is 5.26 Å². The lowest BCUT2D eigenvalue weighted by molar-refractivity contribution is -0.170. The van der Waals surface area contributed by atoms with Gasteiger partial charge in [0.15, 0.2) is 15.4 Å². The summed E-state index contributed by atoms with van der Waals surface area (Å²) in [7, 11) is 1.75. The van der Waals surface area contributed by atoms with Crippen molar-refractivity contribution in [1.82, 2.24) is 9.80 Å². The van der Waals surface area contributed by atoms with Gasteiger partial charge in [0.1, 0.15) is 29.7 Å². The molecule has 59 heavy (non-hydrogen) atoms. The monoisotopic (exact) mass is 885 g/mol. The molecule has 4 aromatic carbocycles. The summed E-state index contributed by atoms with van der Waals surface area (Å²) in [5.74, 6) is -4.97. The van der Waals surface area contributed by atoms with Crippen LogP contribution in [0, 0.1) is 11.3 Å². The number of fused-ring (bicyclic) bond motifs is 1. The molecule has 0 radical (unpaired) electrons. The Balaban J connectivity index is 0.000000509. The van der Waals surface area contributed by atoms with Gasteiger partial charge in [0.05, 0.1) is 22.9 Å². The quantitative estimate of drug-likeness (QED) is 0.0956. The van der Waals surface area contributed by atoms with Gasteiger partial charge in [-0.05, 0) is 108 Å². The van der Waals surface area contributed by atoms with Crippen molar-refractivity contribution in [2.75, 3.05) is 45.7 Å². The fourth-order valence-corrected chi connectivity index (χ4v) is 9.30. The molecule has 4 N–H and O–H groups in total. The van der Waals surface area contributed by atoms with Gasteiger partial charge in [-0.2, -0.15) is 5.26 Å². The molecule has 1 fully saturated rings. The maximum absolute atomic E-state index is 14.2. The Morgan fingerprint density at radius 1 is 0.915 bits per heavy atom. The van der Waals surface area contributed by atoms with Gasteiger partial charge in [-0.25, -0.2) is 4.79 Å². The van der Waals surface area contributed by atoms with E-state index in [0.717, 1.165) is 54.7 Å². The third-order valence-corrected chi connectivity index (χ3v) is 12.9. The van der Waals surface area contributed by atoms with Crippen LogP contribution < -0.4 is 0 Å². The number of carboxylic acids is 3. The van der Waals surface area contributed by atoms with Gasteiger partial charge in [0.2, 0.25) is 0 Å². The summed E-state index contributed by atoms with van der Waals surface area (Å²) in [5, 5.41) is 46.0. The van der Waals surface area contributed by atoms with Crippen LogP contribution in [-0.4, -0.2) is 114 Å². The zero-order valence-corrected chi connectivity index (χ0v) is 35.7. The Kier molecular flexibility index (Phi) is 17.0. The Morgan fingerprint density at radius 2 is 1.53 bits per heavy atom. The van der Waals surface area contributed by atoms with E-state index in [1.807, 2.05) is 54.6 Å². The lowest BCUT2D eigenvalue weighted by Crippen LogP contribution is -2.42. The first kappa shape index (κ1) is 47.3. The Hall–Kier alpha value is -4.37. The molecule has 4 aromatic rings. The van der Waals surface area contributed by atoms with E-state index in [1.165, 1.54) is 11.8 Å². The summed E-state index contributed by atoms with van der Waals surface area (Å²) in [6.45, 7) is 3.08. The Labute approximate surface area is 358 Å². The molecule has 0 aromatic heterocycles. The number of rotatable bonds is 15. The lowest BCUT2D eigenvalue weighted by atomic mass is 9.88. The van der Waals surface area contributed by atoms with Crippen molar-refractivity contribution in [2.45, 2.75) is 59.3 Å². The van der Waals surface area contributed by atoms with Crippen LogP contribution >= 0.6 is 23.2 Å². The van der Waals surface area contributed by atoms with Gasteiger partial charge >= 0.3 is 17.9 Å². The van der Waals surface area contributed by atoms with E-state index in [1.54, 1.807) is 30.3 Å².